The zero-order valence-corrected chi connectivity index (χ0v) is 9.50. The van der Waals surface area contributed by atoms with E-state index in [0.717, 1.165) is 17.3 Å². The summed E-state index contributed by atoms with van der Waals surface area (Å²) in [7, 11) is 2.19. The van der Waals surface area contributed by atoms with Gasteiger partial charge in [-0.25, -0.2) is 0 Å². The van der Waals surface area contributed by atoms with Crippen molar-refractivity contribution >= 4 is 0 Å². The van der Waals surface area contributed by atoms with E-state index in [-0.39, 0.29) is 5.41 Å². The monoisotopic (exact) mass is 207 g/mol. The van der Waals surface area contributed by atoms with Gasteiger partial charge in [0.15, 0.2) is 0 Å². The second kappa shape index (κ2) is 2.91. The van der Waals surface area contributed by atoms with E-state index in [4.69, 9.17) is 11.5 Å². The molecule has 0 radical (unpaired) electrons. The minimum absolute atomic E-state index is 0.272. The van der Waals surface area contributed by atoms with Crippen LogP contribution in [0.4, 0.5) is 0 Å². The number of piperidine rings is 1. The molecule has 2 fully saturated rings. The fourth-order valence-electron chi connectivity index (χ4n) is 3.49. The molecule has 1 spiro atoms. The van der Waals surface area contributed by atoms with Gasteiger partial charge in [0.1, 0.15) is 0 Å². The molecule has 3 heteroatoms. The van der Waals surface area contributed by atoms with Gasteiger partial charge in [-0.2, -0.15) is 0 Å². The summed E-state index contributed by atoms with van der Waals surface area (Å²) in [6.45, 7) is 2.34. The van der Waals surface area contributed by atoms with Crippen LogP contribution in [0, 0.1) is 17.3 Å². The third kappa shape index (κ3) is 1.29. The molecule has 1 saturated carbocycles. The first kappa shape index (κ1) is 9.52. The van der Waals surface area contributed by atoms with Crippen molar-refractivity contribution in [1.29, 1.82) is 0 Å². The molecular formula is C12H21N3. The molecule has 2 atom stereocenters. The third-order valence-electron chi connectivity index (χ3n) is 4.80. The smallest absolute Gasteiger partial charge is 0.0338 e. The van der Waals surface area contributed by atoms with Crippen molar-refractivity contribution in [3.05, 3.63) is 11.4 Å². The van der Waals surface area contributed by atoms with Crippen LogP contribution in [0.25, 0.3) is 0 Å². The van der Waals surface area contributed by atoms with E-state index in [2.05, 4.69) is 11.9 Å². The van der Waals surface area contributed by atoms with Gasteiger partial charge in [0.25, 0.3) is 0 Å². The molecule has 2 unspecified atom stereocenters. The van der Waals surface area contributed by atoms with Crippen LogP contribution in [0.3, 0.4) is 0 Å². The predicted octanol–water partition coefficient (Wildman–Crippen LogP) is 0.867. The molecule has 0 aromatic heterocycles. The average molecular weight is 207 g/mol. The van der Waals surface area contributed by atoms with Crippen molar-refractivity contribution < 1.29 is 0 Å². The minimum Gasteiger partial charge on any atom is -0.400 e. The average Bonchev–Trinajstić information content (AvgIpc) is 2.98. The number of nitrogens with zero attached hydrogens (tertiary/aromatic N) is 1. The van der Waals surface area contributed by atoms with Crippen molar-refractivity contribution in [2.45, 2.75) is 25.7 Å². The van der Waals surface area contributed by atoms with Crippen molar-refractivity contribution in [2.75, 3.05) is 20.1 Å². The third-order valence-corrected chi connectivity index (χ3v) is 4.80. The molecule has 15 heavy (non-hydrogen) atoms. The zero-order chi connectivity index (χ0) is 10.6. The van der Waals surface area contributed by atoms with Gasteiger partial charge in [0.2, 0.25) is 0 Å². The summed E-state index contributed by atoms with van der Waals surface area (Å²) in [5.41, 5.74) is 14.8. The fraction of sp³-hybridized carbons (Fsp3) is 0.833. The van der Waals surface area contributed by atoms with Gasteiger partial charge in [-0.05, 0) is 51.7 Å². The SMILES string of the molecule is CN1CCC2(CC1)CC1CC1C(N)=C2N. The molecule has 84 valence electrons. The van der Waals surface area contributed by atoms with Crippen molar-refractivity contribution in [3.8, 4) is 0 Å². The Morgan fingerprint density at radius 3 is 2.60 bits per heavy atom. The summed E-state index contributed by atoms with van der Waals surface area (Å²) < 4.78 is 0. The highest BCUT2D eigenvalue weighted by atomic mass is 15.1. The zero-order valence-electron chi connectivity index (χ0n) is 9.50. The second-order valence-corrected chi connectivity index (χ2v) is 5.76. The first-order valence-corrected chi connectivity index (χ1v) is 6.06. The summed E-state index contributed by atoms with van der Waals surface area (Å²) >= 11 is 0. The summed E-state index contributed by atoms with van der Waals surface area (Å²) in [6.07, 6.45) is 5.01. The van der Waals surface area contributed by atoms with Gasteiger partial charge in [0, 0.05) is 22.7 Å². The van der Waals surface area contributed by atoms with Gasteiger partial charge >= 0.3 is 0 Å². The number of likely N-dealkylation sites (tertiary alicyclic amines) is 1. The molecular weight excluding hydrogens is 186 g/mol. The summed E-state index contributed by atoms with van der Waals surface area (Å²) in [6, 6.07) is 0. The largest absolute Gasteiger partial charge is 0.400 e. The quantitative estimate of drug-likeness (QED) is 0.619. The van der Waals surface area contributed by atoms with Crippen molar-refractivity contribution in [3.63, 3.8) is 0 Å². The number of hydrogen-bond donors (Lipinski definition) is 2. The van der Waals surface area contributed by atoms with E-state index in [1.807, 2.05) is 0 Å². The Bertz CT molecular complexity index is 313. The van der Waals surface area contributed by atoms with E-state index >= 15 is 0 Å². The summed E-state index contributed by atoms with van der Waals surface area (Å²) in [5.74, 6) is 1.51. The second-order valence-electron chi connectivity index (χ2n) is 5.76. The highest BCUT2D eigenvalue weighted by molar-refractivity contribution is 5.29. The van der Waals surface area contributed by atoms with Gasteiger partial charge in [-0.1, -0.05) is 0 Å². The van der Waals surface area contributed by atoms with E-state index in [0.29, 0.717) is 5.92 Å². The standard InChI is InChI=1S/C12H21N3/c1-15-4-2-12(3-5-15)7-8-6-9(8)10(13)11(12)14/h8-9H,2-7,13-14H2,1H3. The molecule has 0 aromatic rings. The number of allylic oxidation sites excluding steroid dienone is 2. The van der Waals surface area contributed by atoms with Gasteiger partial charge in [-0.3, -0.25) is 0 Å². The lowest BCUT2D eigenvalue weighted by atomic mass is 9.69. The topological polar surface area (TPSA) is 55.3 Å². The minimum atomic E-state index is 0.272. The highest BCUT2D eigenvalue weighted by Crippen LogP contribution is 2.58. The molecule has 0 amide bonds. The molecule has 1 aliphatic heterocycles. The van der Waals surface area contributed by atoms with Crippen molar-refractivity contribution in [2.24, 2.45) is 28.7 Å². The van der Waals surface area contributed by atoms with E-state index in [1.54, 1.807) is 0 Å². The van der Waals surface area contributed by atoms with Crippen LogP contribution in [-0.2, 0) is 0 Å². The van der Waals surface area contributed by atoms with Gasteiger partial charge in [0.05, 0.1) is 0 Å². The first-order valence-electron chi connectivity index (χ1n) is 6.06. The van der Waals surface area contributed by atoms with E-state index < -0.39 is 0 Å². The maximum absolute atomic E-state index is 6.29. The van der Waals surface area contributed by atoms with Crippen molar-refractivity contribution in [1.82, 2.24) is 4.90 Å². The Hall–Kier alpha value is -0.700. The lowest BCUT2D eigenvalue weighted by molar-refractivity contribution is 0.129. The van der Waals surface area contributed by atoms with Crippen LogP contribution >= 0.6 is 0 Å². The molecule has 0 aromatic carbocycles. The molecule has 4 N–H and O–H groups in total. The summed E-state index contributed by atoms with van der Waals surface area (Å²) in [5, 5.41) is 0. The van der Waals surface area contributed by atoms with Crippen LogP contribution in [0.15, 0.2) is 11.4 Å². The number of fused-ring (bicyclic) bond motifs is 1. The van der Waals surface area contributed by atoms with E-state index in [1.165, 1.54) is 38.8 Å². The molecule has 1 heterocycles. The normalized spacial score (nSPS) is 39.3. The lowest BCUT2D eigenvalue weighted by Gasteiger charge is -2.43. The van der Waals surface area contributed by atoms with E-state index in [9.17, 15) is 0 Å². The molecule has 0 bridgehead atoms. The van der Waals surface area contributed by atoms with Crippen LogP contribution in [0.5, 0.6) is 0 Å². The molecule has 3 aliphatic rings. The van der Waals surface area contributed by atoms with Crippen LogP contribution < -0.4 is 11.5 Å². The lowest BCUT2D eigenvalue weighted by Crippen LogP contribution is -2.44. The number of rotatable bonds is 0. The van der Waals surface area contributed by atoms with Crippen LogP contribution in [-0.4, -0.2) is 25.0 Å². The highest BCUT2D eigenvalue weighted by Gasteiger charge is 2.52. The molecule has 1 saturated heterocycles. The van der Waals surface area contributed by atoms with Crippen LogP contribution in [0.1, 0.15) is 25.7 Å². The predicted molar refractivity (Wildman–Crippen MR) is 60.8 cm³/mol. The Kier molecular flexibility index (Phi) is 1.85. The number of nitrogens with two attached hydrogens (primary N) is 2. The Morgan fingerprint density at radius 2 is 1.93 bits per heavy atom. The maximum Gasteiger partial charge on any atom is 0.0338 e. The Morgan fingerprint density at radius 1 is 1.27 bits per heavy atom. The maximum atomic E-state index is 6.29. The molecule has 2 aliphatic carbocycles. The number of hydrogen-bond acceptors (Lipinski definition) is 3. The Labute approximate surface area is 91.5 Å². The summed E-state index contributed by atoms with van der Waals surface area (Å²) in [4.78, 5) is 2.40. The molecule has 3 nitrogen and oxygen atoms in total. The molecule has 3 rings (SSSR count). The van der Waals surface area contributed by atoms with Gasteiger partial charge in [-0.15, -0.1) is 0 Å². The fourth-order valence-corrected chi connectivity index (χ4v) is 3.49. The Balaban J connectivity index is 1.89. The van der Waals surface area contributed by atoms with Gasteiger partial charge < -0.3 is 16.4 Å². The first-order chi connectivity index (χ1) is 7.12. The van der Waals surface area contributed by atoms with Crippen LogP contribution in [0.2, 0.25) is 0 Å².